The van der Waals surface area contributed by atoms with Crippen LogP contribution in [-0.2, 0) is 0 Å². The molecular weight excluding hydrogens is 288 g/mol. The van der Waals surface area contributed by atoms with E-state index in [2.05, 4.69) is 15.3 Å². The standard InChI is InChI=1S/C18H14N4O/c1-23-15-9-5-8-14(12-15)18-20-19-17-11-10-16(21-22(17)18)13-6-3-2-4-7-13/h2-12H,1H3. The molecule has 0 saturated carbocycles. The summed E-state index contributed by atoms with van der Waals surface area (Å²) in [5.74, 6) is 1.47. The molecule has 2 aromatic heterocycles. The molecule has 0 amide bonds. The topological polar surface area (TPSA) is 52.3 Å². The molecule has 0 N–H and O–H groups in total. The van der Waals surface area contributed by atoms with Crippen LogP contribution >= 0.6 is 0 Å². The molecule has 23 heavy (non-hydrogen) atoms. The second-order valence-corrected chi connectivity index (χ2v) is 5.11. The Balaban J connectivity index is 1.88. The molecule has 0 radical (unpaired) electrons. The minimum Gasteiger partial charge on any atom is -0.497 e. The average molecular weight is 302 g/mol. The predicted octanol–water partition coefficient (Wildman–Crippen LogP) is 3.47. The van der Waals surface area contributed by atoms with Gasteiger partial charge in [-0.05, 0) is 24.3 Å². The summed E-state index contributed by atoms with van der Waals surface area (Å²) >= 11 is 0. The molecule has 0 saturated heterocycles. The molecule has 5 heteroatoms. The minimum atomic E-state index is 0.691. The lowest BCUT2D eigenvalue weighted by Gasteiger charge is -2.04. The highest BCUT2D eigenvalue weighted by molar-refractivity contribution is 5.64. The first-order valence-electron chi connectivity index (χ1n) is 7.27. The first-order chi connectivity index (χ1) is 11.3. The quantitative estimate of drug-likeness (QED) is 0.581. The highest BCUT2D eigenvalue weighted by Crippen LogP contribution is 2.24. The van der Waals surface area contributed by atoms with Gasteiger partial charge in [-0.15, -0.1) is 10.2 Å². The molecule has 4 rings (SSSR count). The Labute approximate surface area is 133 Å². The Kier molecular flexibility index (Phi) is 3.24. The number of aromatic nitrogens is 4. The fraction of sp³-hybridized carbons (Fsp3) is 0.0556. The number of rotatable bonds is 3. The average Bonchev–Trinajstić information content (AvgIpc) is 3.05. The summed E-state index contributed by atoms with van der Waals surface area (Å²) in [6, 6.07) is 21.6. The second-order valence-electron chi connectivity index (χ2n) is 5.11. The van der Waals surface area contributed by atoms with Crippen LogP contribution in [0.25, 0.3) is 28.3 Å². The Morgan fingerprint density at radius 3 is 2.48 bits per heavy atom. The van der Waals surface area contributed by atoms with Crippen molar-refractivity contribution in [3.63, 3.8) is 0 Å². The van der Waals surface area contributed by atoms with E-state index in [-0.39, 0.29) is 0 Å². The van der Waals surface area contributed by atoms with E-state index in [0.717, 1.165) is 22.6 Å². The van der Waals surface area contributed by atoms with Gasteiger partial charge in [0.2, 0.25) is 0 Å². The fourth-order valence-corrected chi connectivity index (χ4v) is 2.49. The van der Waals surface area contributed by atoms with Crippen LogP contribution < -0.4 is 4.74 Å². The van der Waals surface area contributed by atoms with Gasteiger partial charge in [-0.3, -0.25) is 0 Å². The number of fused-ring (bicyclic) bond motifs is 1. The zero-order valence-corrected chi connectivity index (χ0v) is 12.5. The van der Waals surface area contributed by atoms with Crippen molar-refractivity contribution in [2.24, 2.45) is 0 Å². The fourth-order valence-electron chi connectivity index (χ4n) is 2.49. The lowest BCUT2D eigenvalue weighted by atomic mass is 10.1. The Morgan fingerprint density at radius 2 is 1.65 bits per heavy atom. The lowest BCUT2D eigenvalue weighted by Crippen LogP contribution is -1.97. The summed E-state index contributed by atoms with van der Waals surface area (Å²) in [5, 5.41) is 13.2. The van der Waals surface area contributed by atoms with Crippen LogP contribution in [0.1, 0.15) is 0 Å². The number of benzene rings is 2. The van der Waals surface area contributed by atoms with E-state index >= 15 is 0 Å². The van der Waals surface area contributed by atoms with Crippen molar-refractivity contribution in [3.05, 3.63) is 66.7 Å². The SMILES string of the molecule is COc1cccc(-c2nnc3ccc(-c4ccccc4)nn23)c1. The number of hydrogen-bond donors (Lipinski definition) is 0. The third kappa shape index (κ3) is 2.42. The van der Waals surface area contributed by atoms with E-state index in [1.165, 1.54) is 0 Å². The van der Waals surface area contributed by atoms with Gasteiger partial charge in [0, 0.05) is 11.1 Å². The molecule has 0 atom stereocenters. The minimum absolute atomic E-state index is 0.691. The molecule has 0 bridgehead atoms. The van der Waals surface area contributed by atoms with Gasteiger partial charge in [0.1, 0.15) is 5.75 Å². The van der Waals surface area contributed by atoms with Crippen molar-refractivity contribution < 1.29 is 4.74 Å². The largest absolute Gasteiger partial charge is 0.497 e. The van der Waals surface area contributed by atoms with Crippen LogP contribution in [0.4, 0.5) is 0 Å². The highest BCUT2D eigenvalue weighted by Gasteiger charge is 2.11. The van der Waals surface area contributed by atoms with E-state index in [9.17, 15) is 0 Å². The van der Waals surface area contributed by atoms with E-state index in [1.54, 1.807) is 11.6 Å². The monoisotopic (exact) mass is 302 g/mol. The Morgan fingerprint density at radius 1 is 0.826 bits per heavy atom. The maximum Gasteiger partial charge on any atom is 0.185 e. The maximum absolute atomic E-state index is 5.28. The van der Waals surface area contributed by atoms with Gasteiger partial charge in [0.05, 0.1) is 12.8 Å². The van der Waals surface area contributed by atoms with Gasteiger partial charge in [0.25, 0.3) is 0 Å². The highest BCUT2D eigenvalue weighted by atomic mass is 16.5. The van der Waals surface area contributed by atoms with Gasteiger partial charge >= 0.3 is 0 Å². The summed E-state index contributed by atoms with van der Waals surface area (Å²) in [7, 11) is 1.65. The Hall–Kier alpha value is -3.21. The van der Waals surface area contributed by atoms with Crippen LogP contribution in [-0.4, -0.2) is 26.9 Å². The molecular formula is C18H14N4O. The molecule has 2 heterocycles. The van der Waals surface area contributed by atoms with Crippen molar-refractivity contribution in [1.82, 2.24) is 19.8 Å². The Bertz CT molecular complexity index is 963. The van der Waals surface area contributed by atoms with Crippen molar-refractivity contribution in [3.8, 4) is 28.4 Å². The molecule has 112 valence electrons. The van der Waals surface area contributed by atoms with E-state index in [0.29, 0.717) is 11.5 Å². The molecule has 0 aliphatic rings. The summed E-state index contributed by atoms with van der Waals surface area (Å²) in [6.07, 6.45) is 0. The van der Waals surface area contributed by atoms with Crippen LogP contribution in [0.5, 0.6) is 5.75 Å². The number of methoxy groups -OCH3 is 1. The molecule has 0 aliphatic carbocycles. The van der Waals surface area contributed by atoms with Crippen molar-refractivity contribution in [1.29, 1.82) is 0 Å². The third-order valence-corrected chi connectivity index (χ3v) is 3.66. The van der Waals surface area contributed by atoms with Gasteiger partial charge < -0.3 is 4.74 Å². The van der Waals surface area contributed by atoms with E-state index in [1.807, 2.05) is 66.7 Å². The lowest BCUT2D eigenvalue weighted by molar-refractivity contribution is 0.415. The predicted molar refractivity (Wildman–Crippen MR) is 88.2 cm³/mol. The molecule has 0 spiro atoms. The summed E-state index contributed by atoms with van der Waals surface area (Å²) in [5.41, 5.74) is 3.55. The maximum atomic E-state index is 5.28. The zero-order valence-electron chi connectivity index (χ0n) is 12.5. The number of ether oxygens (including phenoxy) is 1. The van der Waals surface area contributed by atoms with Crippen LogP contribution in [0.15, 0.2) is 66.7 Å². The zero-order chi connectivity index (χ0) is 15.6. The first kappa shape index (κ1) is 13.5. The molecule has 4 aromatic rings. The van der Waals surface area contributed by atoms with Crippen molar-refractivity contribution in [2.45, 2.75) is 0 Å². The van der Waals surface area contributed by atoms with Crippen LogP contribution in [0.2, 0.25) is 0 Å². The smallest absolute Gasteiger partial charge is 0.185 e. The van der Waals surface area contributed by atoms with E-state index in [4.69, 9.17) is 4.74 Å². The van der Waals surface area contributed by atoms with Crippen molar-refractivity contribution >= 4 is 5.65 Å². The number of nitrogens with zero attached hydrogens (tertiary/aromatic N) is 4. The summed E-state index contributed by atoms with van der Waals surface area (Å²) in [4.78, 5) is 0. The van der Waals surface area contributed by atoms with Gasteiger partial charge in [-0.25, -0.2) is 0 Å². The van der Waals surface area contributed by atoms with Crippen LogP contribution in [0.3, 0.4) is 0 Å². The molecule has 0 aliphatic heterocycles. The molecule has 5 nitrogen and oxygen atoms in total. The normalized spacial score (nSPS) is 10.8. The molecule has 2 aromatic carbocycles. The summed E-state index contributed by atoms with van der Waals surface area (Å²) in [6.45, 7) is 0. The van der Waals surface area contributed by atoms with Crippen LogP contribution in [0, 0.1) is 0 Å². The molecule has 0 fully saturated rings. The molecule has 0 unspecified atom stereocenters. The third-order valence-electron chi connectivity index (χ3n) is 3.66. The van der Waals surface area contributed by atoms with Gasteiger partial charge in [0.15, 0.2) is 11.5 Å². The second kappa shape index (κ2) is 5.53. The van der Waals surface area contributed by atoms with E-state index < -0.39 is 0 Å². The van der Waals surface area contributed by atoms with Gasteiger partial charge in [-0.2, -0.15) is 9.61 Å². The van der Waals surface area contributed by atoms with Crippen molar-refractivity contribution in [2.75, 3.05) is 7.11 Å². The van der Waals surface area contributed by atoms with Gasteiger partial charge in [-0.1, -0.05) is 42.5 Å². The first-order valence-corrected chi connectivity index (χ1v) is 7.27. The summed E-state index contributed by atoms with van der Waals surface area (Å²) < 4.78 is 7.04. The number of hydrogen-bond acceptors (Lipinski definition) is 4.